The fourth-order valence-corrected chi connectivity index (χ4v) is 2.93. The van der Waals surface area contributed by atoms with E-state index in [9.17, 15) is 13.6 Å². The number of benzene rings is 1. The van der Waals surface area contributed by atoms with Crippen molar-refractivity contribution in [1.82, 2.24) is 9.97 Å². The molecule has 0 fully saturated rings. The SMILES string of the molecule is Cc1cc(-c2cc(F)cc(F)c2)cc(C(=O)Nc2nc(C)cs2)n1. The second-order valence-electron chi connectivity index (χ2n) is 5.29. The van der Waals surface area contributed by atoms with E-state index in [0.717, 1.165) is 11.8 Å². The van der Waals surface area contributed by atoms with Crippen LogP contribution in [0.15, 0.2) is 35.7 Å². The van der Waals surface area contributed by atoms with E-state index in [1.54, 1.807) is 13.0 Å². The third kappa shape index (κ3) is 3.62. The first kappa shape index (κ1) is 16.2. The lowest BCUT2D eigenvalue weighted by Gasteiger charge is -2.07. The van der Waals surface area contributed by atoms with E-state index in [0.29, 0.717) is 22.0 Å². The van der Waals surface area contributed by atoms with E-state index in [1.165, 1.54) is 29.5 Å². The lowest BCUT2D eigenvalue weighted by molar-refractivity contribution is 0.102. The van der Waals surface area contributed by atoms with Gasteiger partial charge in [-0.25, -0.2) is 18.7 Å². The summed E-state index contributed by atoms with van der Waals surface area (Å²) in [6.45, 7) is 3.54. The summed E-state index contributed by atoms with van der Waals surface area (Å²) in [5.74, 6) is -1.78. The summed E-state index contributed by atoms with van der Waals surface area (Å²) in [6, 6.07) is 6.39. The third-order valence-electron chi connectivity index (χ3n) is 3.22. The number of anilines is 1. The fraction of sp³-hybridized carbons (Fsp3) is 0.118. The Morgan fingerprint density at radius 2 is 1.62 bits per heavy atom. The Morgan fingerprint density at radius 3 is 2.25 bits per heavy atom. The lowest BCUT2D eigenvalue weighted by atomic mass is 10.0. The summed E-state index contributed by atoms with van der Waals surface area (Å²) >= 11 is 1.31. The molecule has 7 heteroatoms. The number of carbonyl (C=O) groups excluding carboxylic acids is 1. The number of aryl methyl sites for hydroxylation is 2. The van der Waals surface area contributed by atoms with Gasteiger partial charge in [-0.15, -0.1) is 11.3 Å². The number of thiazole rings is 1. The summed E-state index contributed by atoms with van der Waals surface area (Å²) < 4.78 is 26.8. The van der Waals surface area contributed by atoms with Gasteiger partial charge in [0, 0.05) is 17.1 Å². The Bertz CT molecular complexity index is 904. The average Bonchev–Trinajstić information content (AvgIpc) is 2.90. The number of hydrogen-bond donors (Lipinski definition) is 1. The van der Waals surface area contributed by atoms with Gasteiger partial charge >= 0.3 is 0 Å². The highest BCUT2D eigenvalue weighted by Gasteiger charge is 2.13. The van der Waals surface area contributed by atoms with Crippen LogP contribution in [0.1, 0.15) is 21.9 Å². The minimum Gasteiger partial charge on any atom is -0.296 e. The number of nitrogens with one attached hydrogen (secondary N) is 1. The van der Waals surface area contributed by atoms with Gasteiger partial charge in [0.05, 0.1) is 5.69 Å². The number of carbonyl (C=O) groups is 1. The van der Waals surface area contributed by atoms with E-state index >= 15 is 0 Å². The molecule has 4 nitrogen and oxygen atoms in total. The summed E-state index contributed by atoms with van der Waals surface area (Å²) in [5.41, 5.74) is 2.39. The van der Waals surface area contributed by atoms with Gasteiger partial charge in [0.1, 0.15) is 17.3 Å². The van der Waals surface area contributed by atoms with Crippen LogP contribution in [0.25, 0.3) is 11.1 Å². The van der Waals surface area contributed by atoms with Gasteiger partial charge in [-0.05, 0) is 49.2 Å². The van der Waals surface area contributed by atoms with Gasteiger partial charge in [-0.1, -0.05) is 0 Å². The Labute approximate surface area is 141 Å². The van der Waals surface area contributed by atoms with Gasteiger partial charge in [0.25, 0.3) is 5.91 Å². The highest BCUT2D eigenvalue weighted by molar-refractivity contribution is 7.13. The Hall–Kier alpha value is -2.67. The summed E-state index contributed by atoms with van der Waals surface area (Å²) in [6.07, 6.45) is 0. The molecule has 0 unspecified atom stereocenters. The van der Waals surface area contributed by atoms with Crippen molar-refractivity contribution in [2.45, 2.75) is 13.8 Å². The largest absolute Gasteiger partial charge is 0.296 e. The fourth-order valence-electron chi connectivity index (χ4n) is 2.24. The molecular weight excluding hydrogens is 332 g/mol. The quantitative estimate of drug-likeness (QED) is 0.768. The van der Waals surface area contributed by atoms with Gasteiger partial charge in [0.2, 0.25) is 0 Å². The predicted molar refractivity (Wildman–Crippen MR) is 89.1 cm³/mol. The summed E-state index contributed by atoms with van der Waals surface area (Å²) in [7, 11) is 0. The highest BCUT2D eigenvalue weighted by atomic mass is 32.1. The molecule has 1 N–H and O–H groups in total. The van der Waals surface area contributed by atoms with E-state index < -0.39 is 17.5 Å². The van der Waals surface area contributed by atoms with Crippen LogP contribution < -0.4 is 5.32 Å². The lowest BCUT2D eigenvalue weighted by Crippen LogP contribution is -2.14. The van der Waals surface area contributed by atoms with Gasteiger partial charge < -0.3 is 0 Å². The van der Waals surface area contributed by atoms with Crippen molar-refractivity contribution >= 4 is 22.4 Å². The molecule has 122 valence electrons. The maximum Gasteiger partial charge on any atom is 0.276 e. The number of hydrogen-bond acceptors (Lipinski definition) is 4. The van der Waals surface area contributed by atoms with Crippen molar-refractivity contribution in [3.05, 3.63) is 64.4 Å². The molecule has 24 heavy (non-hydrogen) atoms. The molecule has 0 aliphatic rings. The molecule has 0 bridgehead atoms. The maximum atomic E-state index is 13.4. The second-order valence-corrected chi connectivity index (χ2v) is 6.15. The zero-order valence-electron chi connectivity index (χ0n) is 12.9. The van der Waals surface area contributed by atoms with Crippen molar-refractivity contribution in [3.8, 4) is 11.1 Å². The molecule has 1 amide bonds. The maximum absolute atomic E-state index is 13.4. The zero-order valence-corrected chi connectivity index (χ0v) is 13.7. The minimum absolute atomic E-state index is 0.155. The average molecular weight is 345 g/mol. The first-order valence-electron chi connectivity index (χ1n) is 7.09. The van der Waals surface area contributed by atoms with Crippen LogP contribution in [0.2, 0.25) is 0 Å². The van der Waals surface area contributed by atoms with Gasteiger partial charge in [-0.2, -0.15) is 0 Å². The number of nitrogens with zero attached hydrogens (tertiary/aromatic N) is 2. The van der Waals surface area contributed by atoms with Gasteiger partial charge in [-0.3, -0.25) is 10.1 Å². The number of rotatable bonds is 3. The molecular formula is C17H13F2N3OS. The van der Waals surface area contributed by atoms with E-state index in [4.69, 9.17) is 0 Å². The molecule has 0 atom stereocenters. The molecule has 0 spiro atoms. The number of amides is 1. The number of pyridine rings is 1. The van der Waals surface area contributed by atoms with Crippen LogP contribution in [-0.2, 0) is 0 Å². The highest BCUT2D eigenvalue weighted by Crippen LogP contribution is 2.24. The van der Waals surface area contributed by atoms with Crippen LogP contribution in [0.5, 0.6) is 0 Å². The van der Waals surface area contributed by atoms with Crippen molar-refractivity contribution < 1.29 is 13.6 Å². The molecule has 0 saturated carbocycles. The van der Waals surface area contributed by atoms with Crippen molar-refractivity contribution in [2.24, 2.45) is 0 Å². The van der Waals surface area contributed by atoms with Gasteiger partial charge in [0.15, 0.2) is 5.13 Å². The molecule has 0 saturated heterocycles. The Balaban J connectivity index is 1.95. The van der Waals surface area contributed by atoms with Crippen molar-refractivity contribution in [2.75, 3.05) is 5.32 Å². The summed E-state index contributed by atoms with van der Waals surface area (Å²) in [5, 5.41) is 4.96. The second kappa shape index (κ2) is 6.45. The normalized spacial score (nSPS) is 10.7. The molecule has 2 aromatic heterocycles. The van der Waals surface area contributed by atoms with Crippen molar-refractivity contribution in [1.29, 1.82) is 0 Å². The zero-order chi connectivity index (χ0) is 17.3. The van der Waals surface area contributed by atoms with Crippen molar-refractivity contribution in [3.63, 3.8) is 0 Å². The van der Waals surface area contributed by atoms with Crippen LogP contribution in [0.4, 0.5) is 13.9 Å². The Kier molecular flexibility index (Phi) is 4.35. The minimum atomic E-state index is -0.677. The van der Waals surface area contributed by atoms with E-state index in [2.05, 4.69) is 15.3 Å². The van der Waals surface area contributed by atoms with E-state index in [1.807, 2.05) is 12.3 Å². The standard InChI is InChI=1S/C17H13F2N3OS/c1-9-3-11(12-4-13(18)7-14(19)5-12)6-15(20-9)16(23)22-17-21-10(2)8-24-17/h3-8H,1-2H3,(H,21,22,23). The third-order valence-corrected chi connectivity index (χ3v) is 4.10. The topological polar surface area (TPSA) is 54.9 Å². The molecule has 2 heterocycles. The van der Waals surface area contributed by atoms with E-state index in [-0.39, 0.29) is 5.69 Å². The molecule has 0 radical (unpaired) electrons. The summed E-state index contributed by atoms with van der Waals surface area (Å²) in [4.78, 5) is 20.7. The molecule has 0 aliphatic carbocycles. The number of aromatic nitrogens is 2. The monoisotopic (exact) mass is 345 g/mol. The molecule has 3 aromatic rings. The smallest absolute Gasteiger partial charge is 0.276 e. The predicted octanol–water partition coefficient (Wildman–Crippen LogP) is 4.35. The van der Waals surface area contributed by atoms with Crippen LogP contribution in [0, 0.1) is 25.5 Å². The molecule has 0 aliphatic heterocycles. The van der Waals surface area contributed by atoms with Crippen LogP contribution in [0.3, 0.4) is 0 Å². The van der Waals surface area contributed by atoms with Crippen LogP contribution >= 0.6 is 11.3 Å². The number of halogens is 2. The first-order chi connectivity index (χ1) is 11.4. The Morgan fingerprint density at radius 1 is 0.958 bits per heavy atom. The molecule has 3 rings (SSSR count). The van der Waals surface area contributed by atoms with Crippen LogP contribution in [-0.4, -0.2) is 15.9 Å². The first-order valence-corrected chi connectivity index (χ1v) is 7.97. The molecule has 1 aromatic carbocycles.